The van der Waals surface area contributed by atoms with Crippen molar-refractivity contribution >= 4 is 10.9 Å². The molecule has 2 atom stereocenters. The highest BCUT2D eigenvalue weighted by molar-refractivity contribution is 5.80. The first kappa shape index (κ1) is 14.5. The number of hydrogen-bond donors (Lipinski definition) is 0. The third-order valence-corrected chi connectivity index (χ3v) is 5.13. The molecule has 3 heterocycles. The molecule has 4 heteroatoms. The van der Waals surface area contributed by atoms with Gasteiger partial charge in [0.2, 0.25) is 0 Å². The van der Waals surface area contributed by atoms with E-state index in [1.165, 1.54) is 44.0 Å². The summed E-state index contributed by atoms with van der Waals surface area (Å²) in [5, 5.41) is 5.45. The average Bonchev–Trinajstić information content (AvgIpc) is 3.02. The largest absolute Gasteiger partial charge is 0.303 e. The minimum Gasteiger partial charge on any atom is -0.303 e. The smallest absolute Gasteiger partial charge is 0.0865 e. The van der Waals surface area contributed by atoms with E-state index < -0.39 is 0 Å². The number of aromatic nitrogens is 3. The Balaban J connectivity index is 0.000000126. The van der Waals surface area contributed by atoms with Gasteiger partial charge in [0.15, 0.2) is 0 Å². The highest BCUT2D eigenvalue weighted by Gasteiger charge is 2.32. The van der Waals surface area contributed by atoms with Gasteiger partial charge in [-0.25, -0.2) is 0 Å². The number of fused-ring (bicyclic) bond motifs is 2. The van der Waals surface area contributed by atoms with E-state index in [0.717, 1.165) is 23.2 Å². The summed E-state index contributed by atoms with van der Waals surface area (Å²) < 4.78 is 1.84. The van der Waals surface area contributed by atoms with E-state index in [4.69, 9.17) is 0 Å². The van der Waals surface area contributed by atoms with Crippen LogP contribution >= 0.6 is 0 Å². The minimum atomic E-state index is 0.966. The van der Waals surface area contributed by atoms with Gasteiger partial charge in [-0.2, -0.15) is 5.10 Å². The summed E-state index contributed by atoms with van der Waals surface area (Å²) in [6.45, 7) is 3.36. The first-order valence-corrected chi connectivity index (χ1v) is 8.10. The lowest BCUT2D eigenvalue weighted by Crippen LogP contribution is -2.31. The highest BCUT2D eigenvalue weighted by Crippen LogP contribution is 2.34. The summed E-state index contributed by atoms with van der Waals surface area (Å²) in [5.41, 5.74) is 2.15. The van der Waals surface area contributed by atoms with Crippen molar-refractivity contribution < 1.29 is 0 Å². The molecular formula is C17H26N4. The van der Waals surface area contributed by atoms with E-state index in [1.54, 1.807) is 6.20 Å². The number of likely N-dealkylation sites (tertiary alicyclic amines) is 1. The summed E-state index contributed by atoms with van der Waals surface area (Å²) in [7, 11) is 4.22. The molecule has 114 valence electrons. The molecule has 0 radical (unpaired) electrons. The number of pyridine rings is 1. The second-order valence-corrected chi connectivity index (χ2v) is 6.48. The van der Waals surface area contributed by atoms with Crippen LogP contribution in [0.2, 0.25) is 0 Å². The SMILES string of the molecule is CN1CCC2CCCCC21.Cc1nn(C)c2cnccc12. The van der Waals surface area contributed by atoms with Crippen LogP contribution in [0.15, 0.2) is 18.5 Å². The minimum absolute atomic E-state index is 0.966. The lowest BCUT2D eigenvalue weighted by molar-refractivity contribution is 0.215. The molecular weight excluding hydrogens is 260 g/mol. The zero-order chi connectivity index (χ0) is 14.8. The number of rotatable bonds is 0. The second-order valence-electron chi connectivity index (χ2n) is 6.48. The first-order valence-electron chi connectivity index (χ1n) is 8.10. The summed E-state index contributed by atoms with van der Waals surface area (Å²) in [4.78, 5) is 6.59. The van der Waals surface area contributed by atoms with Crippen LogP contribution in [-0.2, 0) is 7.05 Å². The highest BCUT2D eigenvalue weighted by atomic mass is 15.3. The molecule has 4 nitrogen and oxygen atoms in total. The summed E-state index contributed by atoms with van der Waals surface area (Å²) in [6, 6.07) is 2.95. The number of aryl methyl sites for hydroxylation is 2. The Hall–Kier alpha value is -1.42. The van der Waals surface area contributed by atoms with Gasteiger partial charge in [0, 0.05) is 24.7 Å². The van der Waals surface area contributed by atoms with Crippen molar-refractivity contribution in [2.75, 3.05) is 13.6 Å². The van der Waals surface area contributed by atoms with Crippen molar-refractivity contribution in [3.05, 3.63) is 24.2 Å². The Labute approximate surface area is 127 Å². The van der Waals surface area contributed by atoms with Crippen molar-refractivity contribution in [1.82, 2.24) is 19.7 Å². The summed E-state index contributed by atoms with van der Waals surface area (Å²) in [5.74, 6) is 1.07. The van der Waals surface area contributed by atoms with Gasteiger partial charge < -0.3 is 4.90 Å². The Kier molecular flexibility index (Phi) is 4.24. The normalized spacial score (nSPS) is 25.5. The topological polar surface area (TPSA) is 34.0 Å². The van der Waals surface area contributed by atoms with Crippen LogP contribution in [-0.4, -0.2) is 39.3 Å². The van der Waals surface area contributed by atoms with Gasteiger partial charge in [-0.3, -0.25) is 9.67 Å². The van der Waals surface area contributed by atoms with Crippen LogP contribution in [0.5, 0.6) is 0 Å². The van der Waals surface area contributed by atoms with Gasteiger partial charge in [-0.1, -0.05) is 12.8 Å². The molecule has 1 saturated carbocycles. The predicted octanol–water partition coefficient (Wildman–Crippen LogP) is 3.16. The molecule has 2 fully saturated rings. The molecule has 0 bridgehead atoms. The standard InChI is InChI=1S/C9H17N.C8H9N3/c1-10-7-6-8-4-2-3-5-9(8)10;1-6-7-3-4-9-5-8(7)11(2)10-6/h8-9H,2-7H2,1H3;3-5H,1-2H3. The fourth-order valence-electron chi connectivity index (χ4n) is 3.92. The van der Waals surface area contributed by atoms with E-state index in [0.29, 0.717) is 0 Å². The van der Waals surface area contributed by atoms with Crippen LogP contribution in [0.4, 0.5) is 0 Å². The van der Waals surface area contributed by atoms with E-state index >= 15 is 0 Å². The molecule has 1 aliphatic heterocycles. The van der Waals surface area contributed by atoms with Crippen LogP contribution in [0.3, 0.4) is 0 Å². The van der Waals surface area contributed by atoms with Crippen LogP contribution in [0.25, 0.3) is 10.9 Å². The third kappa shape index (κ3) is 2.95. The molecule has 0 spiro atoms. The lowest BCUT2D eigenvalue weighted by Gasteiger charge is -2.28. The molecule has 2 aromatic rings. The average molecular weight is 286 g/mol. The third-order valence-electron chi connectivity index (χ3n) is 5.13. The molecule has 0 amide bonds. The van der Waals surface area contributed by atoms with Crippen molar-refractivity contribution in [3.63, 3.8) is 0 Å². The Bertz CT molecular complexity index is 566. The fourth-order valence-corrected chi connectivity index (χ4v) is 3.92. The van der Waals surface area contributed by atoms with E-state index in [1.807, 2.05) is 30.9 Å². The molecule has 2 aromatic heterocycles. The van der Waals surface area contributed by atoms with Crippen molar-refractivity contribution in [2.24, 2.45) is 13.0 Å². The van der Waals surface area contributed by atoms with Gasteiger partial charge in [0.25, 0.3) is 0 Å². The van der Waals surface area contributed by atoms with Crippen LogP contribution < -0.4 is 0 Å². The molecule has 1 aliphatic carbocycles. The maximum atomic E-state index is 4.27. The van der Waals surface area contributed by atoms with E-state index in [2.05, 4.69) is 22.0 Å². The molecule has 21 heavy (non-hydrogen) atoms. The quantitative estimate of drug-likeness (QED) is 0.746. The monoisotopic (exact) mass is 286 g/mol. The van der Waals surface area contributed by atoms with E-state index in [9.17, 15) is 0 Å². The summed E-state index contributed by atoms with van der Waals surface area (Å²) >= 11 is 0. The fraction of sp³-hybridized carbons (Fsp3) is 0.647. The zero-order valence-electron chi connectivity index (χ0n) is 13.4. The first-order chi connectivity index (χ1) is 10.2. The van der Waals surface area contributed by atoms with Crippen molar-refractivity contribution in [1.29, 1.82) is 0 Å². The Morgan fingerprint density at radius 2 is 1.95 bits per heavy atom. The molecule has 1 saturated heterocycles. The van der Waals surface area contributed by atoms with Crippen molar-refractivity contribution in [3.8, 4) is 0 Å². The van der Waals surface area contributed by atoms with Crippen LogP contribution in [0, 0.1) is 12.8 Å². The van der Waals surface area contributed by atoms with Gasteiger partial charge in [-0.05, 0) is 51.8 Å². The number of nitrogens with zero attached hydrogens (tertiary/aromatic N) is 4. The maximum Gasteiger partial charge on any atom is 0.0865 e. The zero-order valence-corrected chi connectivity index (χ0v) is 13.4. The van der Waals surface area contributed by atoms with Gasteiger partial charge in [0.1, 0.15) is 0 Å². The molecule has 0 aromatic carbocycles. The second kappa shape index (κ2) is 6.14. The van der Waals surface area contributed by atoms with Crippen LogP contribution in [0.1, 0.15) is 37.8 Å². The number of hydrogen-bond acceptors (Lipinski definition) is 3. The molecule has 4 rings (SSSR count). The lowest BCUT2D eigenvalue weighted by atomic mass is 9.85. The van der Waals surface area contributed by atoms with Gasteiger partial charge >= 0.3 is 0 Å². The Morgan fingerprint density at radius 3 is 2.71 bits per heavy atom. The summed E-state index contributed by atoms with van der Waals surface area (Å²) in [6.07, 6.45) is 11.0. The maximum absolute atomic E-state index is 4.27. The Morgan fingerprint density at radius 1 is 1.14 bits per heavy atom. The van der Waals surface area contributed by atoms with Gasteiger partial charge in [0.05, 0.1) is 17.4 Å². The van der Waals surface area contributed by atoms with E-state index in [-0.39, 0.29) is 0 Å². The molecule has 2 aliphatic rings. The molecule has 2 unspecified atom stereocenters. The molecule has 0 N–H and O–H groups in total. The van der Waals surface area contributed by atoms with Gasteiger partial charge in [-0.15, -0.1) is 0 Å². The van der Waals surface area contributed by atoms with Crippen molar-refractivity contribution in [2.45, 2.75) is 45.1 Å². The predicted molar refractivity (Wildman–Crippen MR) is 86.2 cm³/mol.